The van der Waals surface area contributed by atoms with E-state index in [1.165, 1.54) is 12.3 Å². The van der Waals surface area contributed by atoms with Crippen LogP contribution in [-0.2, 0) is 17.0 Å². The van der Waals surface area contributed by atoms with Gasteiger partial charge in [-0.25, -0.2) is 9.37 Å². The highest BCUT2D eigenvalue weighted by Crippen LogP contribution is 2.32. The summed E-state index contributed by atoms with van der Waals surface area (Å²) in [6.45, 7) is 1.84. The van der Waals surface area contributed by atoms with Crippen molar-refractivity contribution in [3.05, 3.63) is 82.9 Å². The number of aryl methyl sites for hydroxylation is 1. The molecule has 0 bridgehead atoms. The lowest BCUT2D eigenvalue weighted by Crippen LogP contribution is -2.50. The average Bonchev–Trinajstić information content (AvgIpc) is 2.79. The maximum absolute atomic E-state index is 13.8. The molecule has 2 heterocycles. The molecular formula is C24H20F4N4O3S. The molecule has 188 valence electrons. The summed E-state index contributed by atoms with van der Waals surface area (Å²) in [7, 11) is -0.980. The van der Waals surface area contributed by atoms with Crippen LogP contribution in [0.5, 0.6) is 0 Å². The van der Waals surface area contributed by atoms with Gasteiger partial charge in [0.2, 0.25) is 0 Å². The number of hydrogen-bond donors (Lipinski definition) is 3. The largest absolute Gasteiger partial charge is 0.416 e. The lowest BCUT2D eigenvalue weighted by Gasteiger charge is -2.25. The SMILES string of the molecule is Cc1ccccc1Nc1cnc(C(=O)NC2CS(=O)C2)cc1NC(=O)c1cc(F)cc(C(F)(F)F)c1. The molecule has 0 radical (unpaired) electrons. The number of rotatable bonds is 6. The second kappa shape index (κ2) is 10.1. The molecule has 0 atom stereocenters. The number of carbonyl (C=O) groups excluding carboxylic acids is 2. The molecule has 1 saturated heterocycles. The zero-order valence-electron chi connectivity index (χ0n) is 18.8. The predicted molar refractivity (Wildman–Crippen MR) is 127 cm³/mol. The fourth-order valence-corrected chi connectivity index (χ4v) is 4.43. The number of hydrogen-bond acceptors (Lipinski definition) is 5. The molecule has 0 unspecified atom stereocenters. The van der Waals surface area contributed by atoms with E-state index in [1.807, 2.05) is 19.1 Å². The Bertz CT molecular complexity index is 1360. The van der Waals surface area contributed by atoms with Crippen molar-refractivity contribution in [3.8, 4) is 0 Å². The van der Waals surface area contributed by atoms with Gasteiger partial charge in [0.15, 0.2) is 0 Å². The molecule has 1 aliphatic heterocycles. The van der Waals surface area contributed by atoms with Gasteiger partial charge in [-0.1, -0.05) is 18.2 Å². The Balaban J connectivity index is 1.66. The van der Waals surface area contributed by atoms with Crippen LogP contribution in [-0.4, -0.2) is 38.6 Å². The van der Waals surface area contributed by atoms with Gasteiger partial charge in [0.1, 0.15) is 11.5 Å². The van der Waals surface area contributed by atoms with E-state index in [0.717, 1.165) is 5.56 Å². The zero-order valence-corrected chi connectivity index (χ0v) is 19.6. The molecule has 1 aliphatic rings. The van der Waals surface area contributed by atoms with Crippen LogP contribution in [0, 0.1) is 12.7 Å². The van der Waals surface area contributed by atoms with E-state index in [2.05, 4.69) is 20.9 Å². The summed E-state index contributed by atoms with van der Waals surface area (Å²) in [5, 5.41) is 8.21. The third-order valence-electron chi connectivity index (χ3n) is 5.40. The van der Waals surface area contributed by atoms with Gasteiger partial charge in [-0.2, -0.15) is 13.2 Å². The number of anilines is 3. The number of aromatic nitrogens is 1. The quantitative estimate of drug-likeness (QED) is 0.419. The van der Waals surface area contributed by atoms with Crippen molar-refractivity contribution in [2.75, 3.05) is 22.1 Å². The summed E-state index contributed by atoms with van der Waals surface area (Å²) in [6.07, 6.45) is -3.55. The normalized spacial score (nSPS) is 17.1. The molecule has 0 spiro atoms. The Morgan fingerprint density at radius 2 is 1.72 bits per heavy atom. The molecule has 2 amide bonds. The van der Waals surface area contributed by atoms with E-state index >= 15 is 0 Å². The Labute approximate surface area is 205 Å². The van der Waals surface area contributed by atoms with E-state index in [1.54, 1.807) is 12.1 Å². The third-order valence-corrected chi connectivity index (χ3v) is 6.94. The Morgan fingerprint density at radius 1 is 1.00 bits per heavy atom. The Morgan fingerprint density at radius 3 is 2.39 bits per heavy atom. The number of halogens is 4. The number of nitrogens with one attached hydrogen (secondary N) is 3. The van der Waals surface area contributed by atoms with Gasteiger partial charge in [0.05, 0.1) is 29.2 Å². The highest BCUT2D eigenvalue weighted by atomic mass is 32.2. The molecule has 7 nitrogen and oxygen atoms in total. The number of benzene rings is 2. The zero-order chi connectivity index (χ0) is 26.0. The van der Waals surface area contributed by atoms with Crippen LogP contribution in [0.15, 0.2) is 54.7 Å². The molecule has 0 aliphatic carbocycles. The van der Waals surface area contributed by atoms with Crippen LogP contribution in [0.1, 0.15) is 32.0 Å². The van der Waals surface area contributed by atoms with Crippen molar-refractivity contribution >= 4 is 39.7 Å². The second-order valence-electron chi connectivity index (χ2n) is 8.18. The maximum Gasteiger partial charge on any atom is 0.416 e. The van der Waals surface area contributed by atoms with Crippen LogP contribution < -0.4 is 16.0 Å². The number of carbonyl (C=O) groups is 2. The molecule has 1 aromatic heterocycles. The van der Waals surface area contributed by atoms with Crippen molar-refractivity contribution in [1.82, 2.24) is 10.3 Å². The number of para-hydroxylation sites is 1. The van der Waals surface area contributed by atoms with E-state index in [-0.39, 0.29) is 23.1 Å². The predicted octanol–water partition coefficient (Wildman–Crippen LogP) is 4.40. The molecule has 3 N–H and O–H groups in total. The van der Waals surface area contributed by atoms with E-state index in [4.69, 9.17) is 0 Å². The van der Waals surface area contributed by atoms with Crippen molar-refractivity contribution in [2.24, 2.45) is 0 Å². The summed E-state index contributed by atoms with van der Waals surface area (Å²) in [4.78, 5) is 29.6. The van der Waals surface area contributed by atoms with Crippen molar-refractivity contribution in [1.29, 1.82) is 0 Å². The number of nitrogens with zero attached hydrogens (tertiary/aromatic N) is 1. The lowest BCUT2D eigenvalue weighted by molar-refractivity contribution is -0.137. The highest BCUT2D eigenvalue weighted by molar-refractivity contribution is 7.86. The van der Waals surface area contributed by atoms with E-state index < -0.39 is 45.7 Å². The minimum Gasteiger partial charge on any atom is -0.352 e. The average molecular weight is 521 g/mol. The van der Waals surface area contributed by atoms with Crippen LogP contribution in [0.4, 0.5) is 34.6 Å². The summed E-state index contributed by atoms with van der Waals surface area (Å²) >= 11 is 0. The monoisotopic (exact) mass is 520 g/mol. The van der Waals surface area contributed by atoms with E-state index in [9.17, 15) is 31.4 Å². The first-order valence-corrected chi connectivity index (χ1v) is 12.2. The van der Waals surface area contributed by atoms with Crippen LogP contribution >= 0.6 is 0 Å². The van der Waals surface area contributed by atoms with Gasteiger partial charge in [0.25, 0.3) is 11.8 Å². The van der Waals surface area contributed by atoms with Crippen molar-refractivity contribution in [2.45, 2.75) is 19.1 Å². The molecule has 12 heteroatoms. The summed E-state index contributed by atoms with van der Waals surface area (Å²) < 4.78 is 64.5. The molecule has 1 fully saturated rings. The van der Waals surface area contributed by atoms with Gasteiger partial charge in [-0.3, -0.25) is 13.8 Å². The van der Waals surface area contributed by atoms with Gasteiger partial charge >= 0.3 is 6.18 Å². The number of alkyl halides is 3. The smallest absolute Gasteiger partial charge is 0.352 e. The molecular weight excluding hydrogens is 500 g/mol. The minimum atomic E-state index is -4.85. The Kier molecular flexibility index (Phi) is 7.07. The van der Waals surface area contributed by atoms with Gasteiger partial charge in [-0.05, 0) is 42.8 Å². The fourth-order valence-electron chi connectivity index (χ4n) is 3.46. The lowest BCUT2D eigenvalue weighted by atomic mass is 10.1. The summed E-state index contributed by atoms with van der Waals surface area (Å²) in [5.41, 5.74) is -0.121. The first kappa shape index (κ1) is 25.3. The topological polar surface area (TPSA) is 100 Å². The fraction of sp³-hybridized carbons (Fsp3) is 0.208. The minimum absolute atomic E-state index is 0.0402. The molecule has 2 aromatic carbocycles. The van der Waals surface area contributed by atoms with Crippen LogP contribution in [0.3, 0.4) is 0 Å². The third kappa shape index (κ3) is 5.88. The number of pyridine rings is 1. The first-order chi connectivity index (χ1) is 17.0. The maximum atomic E-state index is 13.8. The van der Waals surface area contributed by atoms with Crippen molar-refractivity contribution in [3.63, 3.8) is 0 Å². The standard InChI is InChI=1S/C24H20F4N4O3S/c1-13-4-2-3-5-18(13)31-21-10-29-20(23(34)30-17-11-36(35)12-17)9-19(21)32-22(33)14-6-15(24(26,27)28)8-16(25)7-14/h2-10,17,31H,11-12H2,1H3,(H,30,34)(H,29,32,33). The van der Waals surface area contributed by atoms with Crippen LogP contribution in [0.2, 0.25) is 0 Å². The Hall–Kier alpha value is -3.80. The summed E-state index contributed by atoms with van der Waals surface area (Å²) in [6, 6.07) is 9.71. The molecule has 3 aromatic rings. The highest BCUT2D eigenvalue weighted by Gasteiger charge is 2.32. The summed E-state index contributed by atoms with van der Waals surface area (Å²) in [5.74, 6) is -2.16. The molecule has 0 saturated carbocycles. The number of amides is 2. The molecule has 4 rings (SSSR count). The van der Waals surface area contributed by atoms with Gasteiger partial charge in [0, 0.05) is 33.6 Å². The first-order valence-electron chi connectivity index (χ1n) is 10.7. The van der Waals surface area contributed by atoms with Gasteiger partial charge < -0.3 is 16.0 Å². The van der Waals surface area contributed by atoms with Gasteiger partial charge in [-0.15, -0.1) is 0 Å². The second-order valence-corrected chi connectivity index (χ2v) is 9.73. The van der Waals surface area contributed by atoms with Crippen molar-refractivity contribution < 1.29 is 31.4 Å². The van der Waals surface area contributed by atoms with Crippen LogP contribution in [0.25, 0.3) is 0 Å². The molecule has 36 heavy (non-hydrogen) atoms. The van der Waals surface area contributed by atoms with E-state index in [0.29, 0.717) is 35.4 Å².